The zero-order valence-electron chi connectivity index (χ0n) is 13.2. The molecule has 1 fully saturated rings. The van der Waals surface area contributed by atoms with Gasteiger partial charge in [-0.25, -0.2) is 0 Å². The van der Waals surface area contributed by atoms with Crippen molar-refractivity contribution in [2.75, 3.05) is 13.3 Å². The number of ether oxygens (including phenoxy) is 3. The van der Waals surface area contributed by atoms with Crippen molar-refractivity contribution in [2.24, 2.45) is 5.92 Å². The lowest BCUT2D eigenvalue weighted by molar-refractivity contribution is -0.145. The molecule has 0 unspecified atom stereocenters. The summed E-state index contributed by atoms with van der Waals surface area (Å²) in [6.45, 7) is -0.0567. The molecule has 0 amide bonds. The molecule has 0 radical (unpaired) electrons. The van der Waals surface area contributed by atoms with Gasteiger partial charge in [-0.05, 0) is 32.4 Å². The minimum atomic E-state index is -2.95. The maximum Gasteiger partial charge on any atom is 0.387 e. The fraction of sp³-hybridized carbons (Fsp3) is 0.562. The molecule has 0 aliphatic carbocycles. The first-order valence-corrected chi connectivity index (χ1v) is 7.80. The van der Waals surface area contributed by atoms with Crippen LogP contribution in [0.25, 0.3) is 0 Å². The summed E-state index contributed by atoms with van der Waals surface area (Å²) in [5.41, 5.74) is 0.525. The average Bonchev–Trinajstić information content (AvgIpc) is 2.95. The summed E-state index contributed by atoms with van der Waals surface area (Å²) >= 11 is 0. The third kappa shape index (κ3) is 3.38. The Labute approximate surface area is 137 Å². The minimum Gasteiger partial charge on any atom is -0.481 e. The minimum absolute atomic E-state index is 0.0268. The standard InChI is InChI=1S/C16H19F2NO5/c1-9-11(15(20)21)3-2-4-19(9)7-10-5-13-14(23-8-22-13)6-12(10)24-16(17)18/h5-6,9,11,16H,2-4,7-8H2,1H3,(H,20,21)/t9-,11-/m1/s1. The van der Waals surface area contributed by atoms with Gasteiger partial charge < -0.3 is 19.3 Å². The molecule has 2 atom stereocenters. The number of rotatable bonds is 5. The molecule has 1 aromatic carbocycles. The van der Waals surface area contributed by atoms with Crippen LogP contribution in [0.4, 0.5) is 8.78 Å². The number of carbonyl (C=O) groups is 1. The summed E-state index contributed by atoms with van der Waals surface area (Å²) in [6, 6.07) is 2.82. The van der Waals surface area contributed by atoms with E-state index in [4.69, 9.17) is 9.47 Å². The number of hydrogen-bond donors (Lipinski definition) is 1. The van der Waals surface area contributed by atoms with Crippen LogP contribution < -0.4 is 14.2 Å². The first kappa shape index (κ1) is 16.8. The molecule has 8 heteroatoms. The van der Waals surface area contributed by atoms with E-state index in [0.29, 0.717) is 36.6 Å². The molecule has 2 aliphatic rings. The molecule has 3 rings (SSSR count). The second-order valence-corrected chi connectivity index (χ2v) is 5.99. The Balaban J connectivity index is 1.84. The van der Waals surface area contributed by atoms with Crippen LogP contribution in [0.15, 0.2) is 12.1 Å². The number of aliphatic carboxylic acids is 1. The Bertz CT molecular complexity index is 625. The molecule has 1 N–H and O–H groups in total. The van der Waals surface area contributed by atoms with E-state index in [1.165, 1.54) is 6.07 Å². The molecule has 0 aromatic heterocycles. The van der Waals surface area contributed by atoms with Gasteiger partial charge in [0.15, 0.2) is 11.5 Å². The Morgan fingerprint density at radius 3 is 2.79 bits per heavy atom. The van der Waals surface area contributed by atoms with E-state index < -0.39 is 18.5 Å². The second-order valence-electron chi connectivity index (χ2n) is 5.99. The molecule has 0 saturated carbocycles. The summed E-state index contributed by atoms with van der Waals surface area (Å²) in [7, 11) is 0. The van der Waals surface area contributed by atoms with E-state index in [9.17, 15) is 18.7 Å². The fourth-order valence-corrected chi connectivity index (χ4v) is 3.28. The highest BCUT2D eigenvalue weighted by atomic mass is 19.3. The van der Waals surface area contributed by atoms with Crippen LogP contribution in [0, 0.1) is 5.92 Å². The Hall–Kier alpha value is -2.09. The van der Waals surface area contributed by atoms with Crippen molar-refractivity contribution < 1.29 is 32.9 Å². The van der Waals surface area contributed by atoms with Crippen LogP contribution >= 0.6 is 0 Å². The van der Waals surface area contributed by atoms with Crippen molar-refractivity contribution in [1.82, 2.24) is 4.90 Å². The predicted molar refractivity (Wildman–Crippen MR) is 79.4 cm³/mol. The Morgan fingerprint density at radius 1 is 1.42 bits per heavy atom. The van der Waals surface area contributed by atoms with Crippen LogP contribution in [0.5, 0.6) is 17.2 Å². The van der Waals surface area contributed by atoms with Crippen molar-refractivity contribution in [2.45, 2.75) is 39.0 Å². The van der Waals surface area contributed by atoms with Crippen LogP contribution in [0.3, 0.4) is 0 Å². The molecule has 24 heavy (non-hydrogen) atoms. The fourth-order valence-electron chi connectivity index (χ4n) is 3.28. The van der Waals surface area contributed by atoms with Gasteiger partial charge in [0.2, 0.25) is 6.79 Å². The van der Waals surface area contributed by atoms with Crippen molar-refractivity contribution in [3.8, 4) is 17.2 Å². The smallest absolute Gasteiger partial charge is 0.387 e. The summed E-state index contributed by atoms with van der Waals surface area (Å²) in [4.78, 5) is 13.3. The summed E-state index contributed by atoms with van der Waals surface area (Å²) < 4.78 is 40.5. The number of likely N-dealkylation sites (tertiary alicyclic amines) is 1. The molecule has 0 bridgehead atoms. The molecule has 1 saturated heterocycles. The third-order valence-corrected chi connectivity index (χ3v) is 4.58. The van der Waals surface area contributed by atoms with Gasteiger partial charge in [0.05, 0.1) is 5.92 Å². The number of piperidine rings is 1. The van der Waals surface area contributed by atoms with Crippen molar-refractivity contribution >= 4 is 5.97 Å². The molecule has 6 nitrogen and oxygen atoms in total. The maximum atomic E-state index is 12.7. The van der Waals surface area contributed by atoms with E-state index in [1.807, 2.05) is 11.8 Å². The SMILES string of the molecule is C[C@@H]1[C@H](C(=O)O)CCCN1Cc1cc2c(cc1OC(F)F)OCO2. The molecule has 0 spiro atoms. The highest BCUT2D eigenvalue weighted by molar-refractivity contribution is 5.71. The van der Waals surface area contributed by atoms with Gasteiger partial charge in [-0.1, -0.05) is 0 Å². The summed E-state index contributed by atoms with van der Waals surface area (Å²) in [5.74, 6) is -0.427. The molecule has 2 aliphatic heterocycles. The lowest BCUT2D eigenvalue weighted by Gasteiger charge is -2.37. The number of alkyl halides is 2. The van der Waals surface area contributed by atoms with Crippen LogP contribution in [-0.4, -0.2) is 42.0 Å². The number of benzene rings is 1. The van der Waals surface area contributed by atoms with Crippen molar-refractivity contribution in [3.63, 3.8) is 0 Å². The first-order valence-electron chi connectivity index (χ1n) is 7.80. The van der Waals surface area contributed by atoms with E-state index in [0.717, 1.165) is 6.42 Å². The van der Waals surface area contributed by atoms with Gasteiger partial charge in [0.1, 0.15) is 5.75 Å². The Morgan fingerprint density at radius 2 is 2.12 bits per heavy atom. The molecular weight excluding hydrogens is 324 g/mol. The highest BCUT2D eigenvalue weighted by Crippen LogP contribution is 2.40. The van der Waals surface area contributed by atoms with Gasteiger partial charge in [-0.3, -0.25) is 9.69 Å². The molecule has 2 heterocycles. The maximum absolute atomic E-state index is 12.7. The van der Waals surface area contributed by atoms with Crippen LogP contribution in [0.1, 0.15) is 25.3 Å². The van der Waals surface area contributed by atoms with Gasteiger partial charge in [-0.2, -0.15) is 8.78 Å². The van der Waals surface area contributed by atoms with Gasteiger partial charge in [0.25, 0.3) is 0 Å². The van der Waals surface area contributed by atoms with Gasteiger partial charge in [0, 0.05) is 24.2 Å². The second kappa shape index (κ2) is 6.80. The first-order chi connectivity index (χ1) is 11.5. The molecule has 1 aromatic rings. The Kier molecular flexibility index (Phi) is 4.75. The van der Waals surface area contributed by atoms with E-state index >= 15 is 0 Å². The quantitative estimate of drug-likeness (QED) is 0.887. The number of carboxylic acid groups (broad SMARTS) is 1. The normalized spacial score (nSPS) is 23.5. The lowest BCUT2D eigenvalue weighted by atomic mass is 9.90. The number of nitrogens with zero attached hydrogens (tertiary/aromatic N) is 1. The molecular formula is C16H19F2NO5. The zero-order valence-corrected chi connectivity index (χ0v) is 13.2. The average molecular weight is 343 g/mol. The summed E-state index contributed by atoms with van der Waals surface area (Å²) in [5, 5.41) is 9.31. The predicted octanol–water partition coefficient (Wildman–Crippen LogP) is 2.70. The number of fused-ring (bicyclic) bond motifs is 1. The zero-order chi connectivity index (χ0) is 17.3. The van der Waals surface area contributed by atoms with E-state index in [-0.39, 0.29) is 18.6 Å². The topological polar surface area (TPSA) is 68.2 Å². The van der Waals surface area contributed by atoms with Crippen LogP contribution in [-0.2, 0) is 11.3 Å². The summed E-state index contributed by atoms with van der Waals surface area (Å²) in [6.07, 6.45) is 1.37. The van der Waals surface area contributed by atoms with Crippen molar-refractivity contribution in [3.05, 3.63) is 17.7 Å². The van der Waals surface area contributed by atoms with Crippen LogP contribution in [0.2, 0.25) is 0 Å². The number of hydrogen-bond acceptors (Lipinski definition) is 5. The largest absolute Gasteiger partial charge is 0.481 e. The number of halogens is 2. The van der Waals surface area contributed by atoms with Gasteiger partial charge in [-0.15, -0.1) is 0 Å². The lowest BCUT2D eigenvalue weighted by Crippen LogP contribution is -2.45. The van der Waals surface area contributed by atoms with Crippen molar-refractivity contribution in [1.29, 1.82) is 0 Å². The van der Waals surface area contributed by atoms with E-state index in [2.05, 4.69) is 4.74 Å². The van der Waals surface area contributed by atoms with Gasteiger partial charge >= 0.3 is 12.6 Å². The number of carboxylic acids is 1. The van der Waals surface area contributed by atoms with E-state index in [1.54, 1.807) is 6.07 Å². The molecule has 132 valence electrons. The third-order valence-electron chi connectivity index (χ3n) is 4.58. The highest BCUT2D eigenvalue weighted by Gasteiger charge is 2.33. The monoisotopic (exact) mass is 343 g/mol.